The highest BCUT2D eigenvalue weighted by molar-refractivity contribution is 9.10. The summed E-state index contributed by atoms with van der Waals surface area (Å²) in [5.41, 5.74) is 5.70. The van der Waals surface area contributed by atoms with Crippen LogP contribution in [0.2, 0.25) is 0 Å². The minimum absolute atomic E-state index is 0.497. The van der Waals surface area contributed by atoms with E-state index in [1.807, 2.05) is 6.92 Å². The van der Waals surface area contributed by atoms with Crippen LogP contribution in [-0.2, 0) is 4.79 Å². The van der Waals surface area contributed by atoms with E-state index in [4.69, 9.17) is 10.5 Å². The van der Waals surface area contributed by atoms with E-state index >= 15 is 0 Å². The minimum atomic E-state index is -0.654. The highest BCUT2D eigenvalue weighted by Gasteiger charge is 2.15. The average Bonchev–Trinajstić information content (AvgIpc) is 2.26. The van der Waals surface area contributed by atoms with Gasteiger partial charge >= 0.3 is 0 Å². The fraction of sp³-hybridized carbons (Fsp3) is 0.273. The van der Waals surface area contributed by atoms with E-state index in [0.717, 1.165) is 6.29 Å². The molecule has 4 nitrogen and oxygen atoms in total. The molecule has 1 atom stereocenters. The Kier molecular flexibility index (Phi) is 4.49. The number of halogens is 1. The molecule has 1 amide bonds. The van der Waals surface area contributed by atoms with Crippen molar-refractivity contribution < 1.29 is 14.3 Å². The smallest absolute Gasteiger partial charge is 0.258 e. The summed E-state index contributed by atoms with van der Waals surface area (Å²) in [6.07, 6.45) is 0.579. The molecule has 0 aliphatic heterocycles. The maximum atomic E-state index is 11.0. The zero-order valence-electron chi connectivity index (χ0n) is 8.77. The van der Waals surface area contributed by atoms with Gasteiger partial charge in [0.1, 0.15) is 12.0 Å². The van der Waals surface area contributed by atoms with Crippen molar-refractivity contribution >= 4 is 28.1 Å². The van der Waals surface area contributed by atoms with Gasteiger partial charge in [-0.2, -0.15) is 0 Å². The summed E-state index contributed by atoms with van der Waals surface area (Å²) in [4.78, 5) is 21.5. The summed E-state index contributed by atoms with van der Waals surface area (Å²) in [6, 6.07) is 4.86. The van der Waals surface area contributed by atoms with Crippen LogP contribution >= 0.6 is 15.9 Å². The quantitative estimate of drug-likeness (QED) is 0.840. The van der Waals surface area contributed by atoms with Gasteiger partial charge in [0.05, 0.1) is 4.47 Å². The maximum Gasteiger partial charge on any atom is 0.258 e. The van der Waals surface area contributed by atoms with Crippen molar-refractivity contribution in [1.29, 1.82) is 0 Å². The van der Waals surface area contributed by atoms with Gasteiger partial charge in [0.25, 0.3) is 5.91 Å². The Balaban J connectivity index is 2.88. The lowest BCUT2D eigenvalue weighted by Crippen LogP contribution is -2.33. The zero-order chi connectivity index (χ0) is 12.1. The lowest BCUT2D eigenvalue weighted by molar-refractivity contribution is -0.124. The number of rotatable bonds is 5. The number of ether oxygens (including phenoxy) is 1. The first kappa shape index (κ1) is 12.7. The van der Waals surface area contributed by atoms with Gasteiger partial charge < -0.3 is 10.5 Å². The van der Waals surface area contributed by atoms with Gasteiger partial charge in [-0.15, -0.1) is 0 Å². The highest BCUT2D eigenvalue weighted by atomic mass is 79.9. The second-order valence-electron chi connectivity index (χ2n) is 3.22. The van der Waals surface area contributed by atoms with Crippen LogP contribution in [0.1, 0.15) is 23.7 Å². The van der Waals surface area contributed by atoms with Gasteiger partial charge in [0.15, 0.2) is 6.10 Å². The second-order valence-corrected chi connectivity index (χ2v) is 4.08. The van der Waals surface area contributed by atoms with Gasteiger partial charge in [-0.1, -0.05) is 6.92 Å². The third-order valence-corrected chi connectivity index (χ3v) is 2.67. The van der Waals surface area contributed by atoms with Crippen molar-refractivity contribution in [1.82, 2.24) is 0 Å². The van der Waals surface area contributed by atoms with E-state index in [1.165, 1.54) is 0 Å². The predicted octanol–water partition coefficient (Wildman–Crippen LogP) is 1.90. The number of primary amides is 1. The summed E-state index contributed by atoms with van der Waals surface area (Å²) in [5.74, 6) is -0.00915. The molecule has 1 aromatic carbocycles. The number of hydrogen-bond acceptors (Lipinski definition) is 3. The predicted molar refractivity (Wildman–Crippen MR) is 63.4 cm³/mol. The molecule has 1 unspecified atom stereocenters. The Morgan fingerprint density at radius 2 is 2.31 bits per heavy atom. The largest absolute Gasteiger partial charge is 0.479 e. The fourth-order valence-corrected chi connectivity index (χ4v) is 1.67. The average molecular weight is 286 g/mol. The van der Waals surface area contributed by atoms with Crippen LogP contribution in [0.5, 0.6) is 5.75 Å². The van der Waals surface area contributed by atoms with Crippen LogP contribution < -0.4 is 10.5 Å². The third kappa shape index (κ3) is 3.06. The van der Waals surface area contributed by atoms with Crippen LogP contribution in [-0.4, -0.2) is 18.3 Å². The molecule has 2 N–H and O–H groups in total. The molecule has 1 rings (SSSR count). The summed E-state index contributed by atoms with van der Waals surface area (Å²) >= 11 is 3.26. The Morgan fingerprint density at radius 3 is 2.75 bits per heavy atom. The van der Waals surface area contributed by atoms with Crippen molar-refractivity contribution in [3.8, 4) is 5.75 Å². The molecule has 0 bridgehead atoms. The zero-order valence-corrected chi connectivity index (χ0v) is 10.4. The van der Waals surface area contributed by atoms with Gasteiger partial charge in [-0.3, -0.25) is 9.59 Å². The molecule has 0 heterocycles. The summed E-state index contributed by atoms with van der Waals surface area (Å²) in [7, 11) is 0. The number of hydrogen-bond donors (Lipinski definition) is 1. The van der Waals surface area contributed by atoms with Crippen molar-refractivity contribution in [2.24, 2.45) is 5.73 Å². The molecule has 0 fully saturated rings. The Bertz CT molecular complexity index is 406. The molecule has 5 heteroatoms. The first-order valence-corrected chi connectivity index (χ1v) is 5.58. The Hall–Kier alpha value is -1.36. The van der Waals surface area contributed by atoms with E-state index in [-0.39, 0.29) is 0 Å². The summed E-state index contributed by atoms with van der Waals surface area (Å²) in [6.45, 7) is 1.81. The number of carbonyl (C=O) groups is 2. The minimum Gasteiger partial charge on any atom is -0.479 e. The molecule has 0 saturated heterocycles. The van der Waals surface area contributed by atoms with Gasteiger partial charge in [-0.25, -0.2) is 0 Å². The SMILES string of the molecule is CCC(Oc1ccc(C=O)cc1Br)C(N)=O. The van der Waals surface area contributed by atoms with Crippen molar-refractivity contribution in [2.75, 3.05) is 0 Å². The lowest BCUT2D eigenvalue weighted by Gasteiger charge is -2.15. The van der Waals surface area contributed by atoms with Crippen LogP contribution in [0.15, 0.2) is 22.7 Å². The third-order valence-electron chi connectivity index (χ3n) is 2.05. The van der Waals surface area contributed by atoms with Crippen LogP contribution in [0.25, 0.3) is 0 Å². The summed E-state index contributed by atoms with van der Waals surface area (Å²) < 4.78 is 6.04. The molecule has 0 aliphatic rings. The topological polar surface area (TPSA) is 69.4 Å². The molecule has 0 aliphatic carbocycles. The molecule has 0 aromatic heterocycles. The lowest BCUT2D eigenvalue weighted by atomic mass is 10.2. The van der Waals surface area contributed by atoms with Crippen molar-refractivity contribution in [3.05, 3.63) is 28.2 Å². The number of carbonyl (C=O) groups excluding carboxylic acids is 2. The Morgan fingerprint density at radius 1 is 1.62 bits per heavy atom. The van der Waals surface area contributed by atoms with Crippen LogP contribution in [0.4, 0.5) is 0 Å². The molecule has 86 valence electrons. The van der Waals surface area contributed by atoms with E-state index in [0.29, 0.717) is 22.2 Å². The first-order chi connectivity index (χ1) is 7.58. The number of aldehydes is 1. The van der Waals surface area contributed by atoms with Crippen molar-refractivity contribution in [3.63, 3.8) is 0 Å². The molecule has 0 radical (unpaired) electrons. The fourth-order valence-electron chi connectivity index (χ4n) is 1.18. The second kappa shape index (κ2) is 5.65. The molecular weight excluding hydrogens is 274 g/mol. The Labute approximate surface area is 102 Å². The van der Waals surface area contributed by atoms with E-state index in [1.54, 1.807) is 18.2 Å². The maximum absolute atomic E-state index is 11.0. The van der Waals surface area contributed by atoms with E-state index < -0.39 is 12.0 Å². The normalized spacial score (nSPS) is 11.9. The number of nitrogens with two attached hydrogens (primary N) is 1. The monoisotopic (exact) mass is 285 g/mol. The van der Waals surface area contributed by atoms with E-state index in [2.05, 4.69) is 15.9 Å². The molecule has 0 spiro atoms. The molecular formula is C11H12BrNO3. The highest BCUT2D eigenvalue weighted by Crippen LogP contribution is 2.26. The number of amides is 1. The van der Waals surface area contributed by atoms with Crippen molar-refractivity contribution in [2.45, 2.75) is 19.4 Å². The molecule has 16 heavy (non-hydrogen) atoms. The number of benzene rings is 1. The van der Waals surface area contributed by atoms with Gasteiger partial charge in [0, 0.05) is 5.56 Å². The van der Waals surface area contributed by atoms with Gasteiger partial charge in [0.2, 0.25) is 0 Å². The van der Waals surface area contributed by atoms with E-state index in [9.17, 15) is 9.59 Å². The first-order valence-electron chi connectivity index (χ1n) is 4.79. The standard InChI is InChI=1S/C11H12BrNO3/c1-2-9(11(13)15)16-10-4-3-7(6-14)5-8(10)12/h3-6,9H,2H2,1H3,(H2,13,15). The summed E-state index contributed by atoms with van der Waals surface area (Å²) in [5, 5.41) is 0. The van der Waals surface area contributed by atoms with Crippen LogP contribution in [0, 0.1) is 0 Å². The van der Waals surface area contributed by atoms with Crippen LogP contribution in [0.3, 0.4) is 0 Å². The van der Waals surface area contributed by atoms with Gasteiger partial charge in [-0.05, 0) is 40.5 Å². The molecule has 0 saturated carbocycles. The molecule has 1 aromatic rings.